The molecular weight excluding hydrogens is 707 g/mol. The molecule has 0 aromatic rings. The van der Waals surface area contributed by atoms with E-state index in [2.05, 4.69) is 43.5 Å². The van der Waals surface area contributed by atoms with Gasteiger partial charge in [0.25, 0.3) is 10.1 Å². The Morgan fingerprint density at radius 2 is 0.818 bits per heavy atom. The Morgan fingerprint density at radius 3 is 1.20 bits per heavy atom. The lowest BCUT2D eigenvalue weighted by Gasteiger charge is -2.22. The third-order valence-electron chi connectivity index (χ3n) is 10.6. The second kappa shape index (κ2) is 40.7. The van der Waals surface area contributed by atoms with Crippen molar-refractivity contribution < 1.29 is 28.0 Å². The number of amides is 1. The van der Waals surface area contributed by atoms with Crippen molar-refractivity contribution in [1.82, 2.24) is 5.32 Å². The van der Waals surface area contributed by atoms with Crippen LogP contribution in [0.3, 0.4) is 0 Å². The topological polar surface area (TPSA) is 124 Å². The summed E-state index contributed by atoms with van der Waals surface area (Å²) in [5, 5.41) is 23.5. The van der Waals surface area contributed by atoms with Gasteiger partial charge in [0, 0.05) is 0 Å². The van der Waals surface area contributed by atoms with Crippen LogP contribution in [0.2, 0.25) is 0 Å². The van der Waals surface area contributed by atoms with Crippen LogP contribution in [0.25, 0.3) is 0 Å². The van der Waals surface area contributed by atoms with E-state index < -0.39 is 40.0 Å². The van der Waals surface area contributed by atoms with Crippen LogP contribution in [-0.2, 0) is 14.9 Å². The summed E-state index contributed by atoms with van der Waals surface area (Å²) >= 11 is 0. The van der Waals surface area contributed by atoms with E-state index in [1.54, 1.807) is 6.08 Å². The largest absolute Gasteiger partial charge is 0.387 e. The second-order valence-corrected chi connectivity index (χ2v) is 17.7. The van der Waals surface area contributed by atoms with E-state index in [1.807, 2.05) is 0 Å². The molecule has 0 aliphatic rings. The van der Waals surface area contributed by atoms with Gasteiger partial charge >= 0.3 is 0 Å². The van der Waals surface area contributed by atoms with Gasteiger partial charge in [0.05, 0.1) is 17.9 Å². The minimum atomic E-state index is -4.46. The van der Waals surface area contributed by atoms with E-state index >= 15 is 0 Å². The second-order valence-electron chi connectivity index (χ2n) is 16.2. The molecule has 3 atom stereocenters. The van der Waals surface area contributed by atoms with Gasteiger partial charge < -0.3 is 15.5 Å². The van der Waals surface area contributed by atoms with Crippen LogP contribution >= 0.6 is 0 Å². The number of hydrogen-bond donors (Lipinski definition) is 4. The first kappa shape index (κ1) is 53.5. The molecule has 324 valence electrons. The third-order valence-corrected chi connectivity index (χ3v) is 11.4. The van der Waals surface area contributed by atoms with Crippen LogP contribution in [0, 0.1) is 0 Å². The summed E-state index contributed by atoms with van der Waals surface area (Å²) in [6.45, 7) is 4.53. The Morgan fingerprint density at radius 1 is 0.491 bits per heavy atom. The average Bonchev–Trinajstić information content (AvgIpc) is 3.15. The maximum atomic E-state index is 12.6. The first-order valence-corrected chi connectivity index (χ1v) is 24.9. The molecule has 3 unspecified atom stereocenters. The summed E-state index contributed by atoms with van der Waals surface area (Å²) in [6.07, 6.45) is 50.6. The zero-order valence-electron chi connectivity index (χ0n) is 35.9. The zero-order valence-corrected chi connectivity index (χ0v) is 36.7. The van der Waals surface area contributed by atoms with E-state index in [-0.39, 0.29) is 6.42 Å². The fraction of sp³-hybridized carbons (Fsp3) is 0.851. The first-order valence-electron chi connectivity index (χ1n) is 23.3. The molecule has 0 saturated carbocycles. The lowest BCUT2D eigenvalue weighted by Crippen LogP contribution is -2.50. The van der Waals surface area contributed by atoms with E-state index in [9.17, 15) is 28.0 Å². The molecule has 0 heterocycles. The molecule has 1 amide bonds. The van der Waals surface area contributed by atoms with Gasteiger partial charge in [0.2, 0.25) is 5.91 Å². The molecule has 55 heavy (non-hydrogen) atoms. The van der Waals surface area contributed by atoms with Crippen LogP contribution in [0.5, 0.6) is 0 Å². The molecule has 0 spiro atoms. The quantitative estimate of drug-likeness (QED) is 0.0277. The minimum absolute atomic E-state index is 0.267. The summed E-state index contributed by atoms with van der Waals surface area (Å²) in [5.41, 5.74) is 0. The van der Waals surface area contributed by atoms with Gasteiger partial charge in [0.15, 0.2) is 0 Å². The van der Waals surface area contributed by atoms with E-state index in [0.717, 1.165) is 38.5 Å². The number of nitrogens with one attached hydrogen (secondary N) is 1. The van der Waals surface area contributed by atoms with Crippen molar-refractivity contribution >= 4 is 16.0 Å². The summed E-state index contributed by atoms with van der Waals surface area (Å²) in [4.78, 5) is 12.6. The normalized spacial score (nSPS) is 14.1. The van der Waals surface area contributed by atoms with E-state index in [4.69, 9.17) is 0 Å². The molecule has 0 bridgehead atoms. The molecule has 0 aliphatic heterocycles. The number of aliphatic hydroxyl groups is 2. The lowest BCUT2D eigenvalue weighted by atomic mass is 10.0. The number of aliphatic hydroxyl groups excluding tert-OH is 2. The molecule has 0 fully saturated rings. The lowest BCUT2D eigenvalue weighted by molar-refractivity contribution is -0.130. The maximum Gasteiger partial charge on any atom is 0.267 e. The highest BCUT2D eigenvalue weighted by molar-refractivity contribution is 7.85. The smallest absolute Gasteiger partial charge is 0.267 e. The maximum absolute atomic E-state index is 12.6. The van der Waals surface area contributed by atoms with Crippen molar-refractivity contribution in [3.8, 4) is 0 Å². The van der Waals surface area contributed by atoms with Crippen molar-refractivity contribution in [2.75, 3.05) is 5.75 Å². The Balaban J connectivity index is 4.01. The number of rotatable bonds is 42. The first-order chi connectivity index (χ1) is 26.7. The van der Waals surface area contributed by atoms with Gasteiger partial charge in [-0.2, -0.15) is 8.42 Å². The standard InChI is InChI=1S/C47H89NO6S/c1-3-5-7-9-11-13-15-17-19-21-23-25-27-29-31-33-35-37-39-41-45(49)44(43-55(52,53)54)48-47(51)46(50)42-40-38-36-34-32-30-28-26-24-22-20-18-16-14-12-10-8-6-4-2/h24,26,31,33,39,41,44-46,49-50H,3-23,25,27-30,32,34-38,40,42-43H2,1-2H3,(H,48,51)(H,52,53,54)/b26-24-,33-31+,41-39+. The van der Waals surface area contributed by atoms with Crippen molar-refractivity contribution in [3.63, 3.8) is 0 Å². The van der Waals surface area contributed by atoms with Crippen molar-refractivity contribution in [2.45, 2.75) is 250 Å². The Hall–Kier alpha value is -1.48. The number of carbonyl (C=O) groups excluding carboxylic acids is 1. The van der Waals surface area contributed by atoms with Crippen LogP contribution < -0.4 is 5.32 Å². The van der Waals surface area contributed by atoms with Crippen molar-refractivity contribution in [2.24, 2.45) is 0 Å². The third kappa shape index (κ3) is 40.5. The highest BCUT2D eigenvalue weighted by Crippen LogP contribution is 2.15. The van der Waals surface area contributed by atoms with Crippen LogP contribution in [-0.4, -0.2) is 53.1 Å². The Bertz CT molecular complexity index is 1030. The number of unbranched alkanes of at least 4 members (excludes halogenated alkanes) is 29. The predicted octanol–water partition coefficient (Wildman–Crippen LogP) is 13.1. The summed E-state index contributed by atoms with van der Waals surface area (Å²) in [6, 6.07) is -1.25. The average molecular weight is 796 g/mol. The fourth-order valence-corrected chi connectivity index (χ4v) is 7.79. The Kier molecular flexibility index (Phi) is 39.6. The van der Waals surface area contributed by atoms with Gasteiger partial charge in [-0.1, -0.05) is 211 Å². The van der Waals surface area contributed by atoms with Crippen LogP contribution in [0.1, 0.15) is 232 Å². The van der Waals surface area contributed by atoms with Gasteiger partial charge in [0.1, 0.15) is 6.10 Å². The van der Waals surface area contributed by atoms with Crippen molar-refractivity contribution in [3.05, 3.63) is 36.5 Å². The van der Waals surface area contributed by atoms with Gasteiger partial charge in [-0.25, -0.2) is 0 Å². The van der Waals surface area contributed by atoms with Gasteiger partial charge in [-0.15, -0.1) is 0 Å². The SMILES string of the molecule is CCCCCCCCCCC/C=C\CCCCCCCCC(O)C(=O)NC(CS(=O)(=O)O)C(O)/C=C/CC/C=C/CCCCCCCCCCCCCCC. The highest BCUT2D eigenvalue weighted by atomic mass is 32.2. The van der Waals surface area contributed by atoms with Crippen LogP contribution in [0.4, 0.5) is 0 Å². The molecule has 7 nitrogen and oxygen atoms in total. The summed E-state index contributed by atoms with van der Waals surface area (Å²) in [5.74, 6) is -1.56. The molecule has 0 aromatic heterocycles. The molecule has 0 aliphatic carbocycles. The van der Waals surface area contributed by atoms with Gasteiger partial charge in [-0.05, 0) is 57.8 Å². The molecular formula is C47H89NO6S. The molecule has 0 radical (unpaired) electrons. The van der Waals surface area contributed by atoms with E-state index in [0.29, 0.717) is 12.8 Å². The fourth-order valence-electron chi connectivity index (χ4n) is 7.06. The summed E-state index contributed by atoms with van der Waals surface area (Å²) in [7, 11) is -4.46. The van der Waals surface area contributed by atoms with E-state index in [1.165, 1.54) is 167 Å². The number of allylic oxidation sites excluding steroid dienone is 5. The number of carbonyl (C=O) groups is 1. The monoisotopic (exact) mass is 796 g/mol. The molecule has 0 aromatic carbocycles. The predicted molar refractivity (Wildman–Crippen MR) is 236 cm³/mol. The highest BCUT2D eigenvalue weighted by Gasteiger charge is 2.27. The Labute approximate surface area is 340 Å². The molecule has 0 rings (SSSR count). The minimum Gasteiger partial charge on any atom is -0.387 e. The summed E-state index contributed by atoms with van der Waals surface area (Å²) < 4.78 is 32.6. The molecule has 4 N–H and O–H groups in total. The molecule has 0 saturated heterocycles. The van der Waals surface area contributed by atoms with Gasteiger partial charge in [-0.3, -0.25) is 9.35 Å². The molecule has 8 heteroatoms. The van der Waals surface area contributed by atoms with Crippen molar-refractivity contribution in [1.29, 1.82) is 0 Å². The zero-order chi connectivity index (χ0) is 40.5. The van der Waals surface area contributed by atoms with Crippen LogP contribution in [0.15, 0.2) is 36.5 Å². The number of hydrogen-bond acceptors (Lipinski definition) is 5.